The number of para-hydroxylation sites is 1. The Balaban J connectivity index is 1.63. The van der Waals surface area contributed by atoms with Gasteiger partial charge in [-0.3, -0.25) is 9.78 Å². The Morgan fingerprint density at radius 2 is 1.85 bits per heavy atom. The number of carbonyl (C=O) groups excluding carboxylic acids is 1. The zero-order valence-electron chi connectivity index (χ0n) is 22.1. The number of rotatable bonds is 6. The van der Waals surface area contributed by atoms with Crippen LogP contribution in [0.15, 0.2) is 77.4 Å². The molecule has 1 fully saturated rings. The van der Waals surface area contributed by atoms with Crippen LogP contribution in [-0.4, -0.2) is 20.6 Å². The largest absolute Gasteiger partial charge is 0.351 e. The third kappa shape index (κ3) is 5.21. The molecule has 2 atom stereocenters. The van der Waals surface area contributed by atoms with Crippen molar-refractivity contribution in [3.8, 4) is 5.69 Å². The number of hydrogen-bond donors (Lipinski definition) is 2. The van der Waals surface area contributed by atoms with E-state index < -0.39 is 0 Å². The first-order valence-electron chi connectivity index (χ1n) is 12.7. The molecule has 2 N–H and O–H groups in total. The second-order valence-corrected chi connectivity index (χ2v) is 11.6. The second kappa shape index (κ2) is 11.1. The lowest BCUT2D eigenvalue weighted by Crippen LogP contribution is -2.29. The van der Waals surface area contributed by atoms with Gasteiger partial charge >= 0.3 is 0 Å². The van der Waals surface area contributed by atoms with Crippen LogP contribution < -0.4 is 15.5 Å². The van der Waals surface area contributed by atoms with E-state index >= 15 is 0 Å². The summed E-state index contributed by atoms with van der Waals surface area (Å²) in [6.07, 6.45) is 1.80. The van der Waals surface area contributed by atoms with Gasteiger partial charge in [-0.05, 0) is 96.1 Å². The van der Waals surface area contributed by atoms with Crippen LogP contribution in [0.1, 0.15) is 48.6 Å². The number of aromatic nitrogens is 2. The average Bonchev–Trinajstić information content (AvgIpc) is 3.41. The first-order chi connectivity index (χ1) is 18.7. The quantitative estimate of drug-likeness (QED) is 0.216. The highest BCUT2D eigenvalue weighted by Crippen LogP contribution is 2.45. The summed E-state index contributed by atoms with van der Waals surface area (Å²) in [6.45, 7) is 7.94. The third-order valence-electron chi connectivity index (χ3n) is 6.99. The van der Waals surface area contributed by atoms with Crippen LogP contribution in [0.4, 0.5) is 11.4 Å². The van der Waals surface area contributed by atoms with Crippen molar-refractivity contribution in [2.45, 2.75) is 39.8 Å². The highest BCUT2D eigenvalue weighted by molar-refractivity contribution is 9.10. The number of benzene rings is 2. The van der Waals surface area contributed by atoms with Crippen molar-refractivity contribution >= 4 is 62.1 Å². The Labute approximate surface area is 247 Å². The summed E-state index contributed by atoms with van der Waals surface area (Å²) in [4.78, 5) is 19.1. The molecule has 2 aromatic heterocycles. The van der Waals surface area contributed by atoms with Gasteiger partial charge in [-0.25, -0.2) is 0 Å². The van der Waals surface area contributed by atoms with Gasteiger partial charge in [0, 0.05) is 33.7 Å². The fourth-order valence-corrected chi connectivity index (χ4v) is 6.10. The van der Waals surface area contributed by atoms with Gasteiger partial charge in [0.05, 0.1) is 34.2 Å². The maximum absolute atomic E-state index is 12.3. The molecule has 3 heterocycles. The van der Waals surface area contributed by atoms with Gasteiger partial charge in [0.2, 0.25) is 5.91 Å². The fourth-order valence-electron chi connectivity index (χ4n) is 5.07. The number of hydrogen-bond acceptors (Lipinski definition) is 3. The number of amides is 1. The van der Waals surface area contributed by atoms with Crippen LogP contribution in [0.2, 0.25) is 5.02 Å². The highest BCUT2D eigenvalue weighted by atomic mass is 79.9. The van der Waals surface area contributed by atoms with E-state index in [2.05, 4.69) is 67.0 Å². The number of carbonyl (C=O) groups is 1. The molecule has 1 amide bonds. The van der Waals surface area contributed by atoms with Crippen molar-refractivity contribution in [2.24, 2.45) is 5.92 Å². The summed E-state index contributed by atoms with van der Waals surface area (Å²) >= 11 is 16.3. The van der Waals surface area contributed by atoms with Crippen molar-refractivity contribution < 1.29 is 4.79 Å². The summed E-state index contributed by atoms with van der Waals surface area (Å²) in [6, 6.07) is 21.6. The number of pyridine rings is 1. The fraction of sp³-hybridized carbons (Fsp3) is 0.233. The molecule has 0 aliphatic carbocycles. The van der Waals surface area contributed by atoms with Gasteiger partial charge in [0.25, 0.3) is 0 Å². The topological polar surface area (TPSA) is 62.2 Å². The van der Waals surface area contributed by atoms with E-state index in [1.807, 2.05) is 68.4 Å². The van der Waals surface area contributed by atoms with E-state index in [9.17, 15) is 4.79 Å². The first-order valence-corrected chi connectivity index (χ1v) is 14.3. The molecular formula is C30H29BrClN5OS. The van der Waals surface area contributed by atoms with Crippen LogP contribution in [0.5, 0.6) is 0 Å². The monoisotopic (exact) mass is 621 g/mol. The van der Waals surface area contributed by atoms with Gasteiger partial charge in [0.1, 0.15) is 0 Å². The molecule has 9 heteroatoms. The number of halogens is 2. The molecule has 5 rings (SSSR count). The Bertz CT molecular complexity index is 1550. The molecule has 1 saturated heterocycles. The number of thiocarbonyl (C=S) groups is 1. The molecule has 2 aromatic carbocycles. The van der Waals surface area contributed by atoms with Crippen LogP contribution >= 0.6 is 39.7 Å². The molecule has 0 unspecified atom stereocenters. The van der Waals surface area contributed by atoms with Crippen molar-refractivity contribution in [3.63, 3.8) is 0 Å². The lowest BCUT2D eigenvalue weighted by Gasteiger charge is -2.28. The summed E-state index contributed by atoms with van der Waals surface area (Å²) in [7, 11) is 0. The van der Waals surface area contributed by atoms with Crippen LogP contribution in [0.3, 0.4) is 0 Å². The normalized spacial score (nSPS) is 17.0. The molecule has 1 aliphatic rings. The Morgan fingerprint density at radius 3 is 2.51 bits per heavy atom. The van der Waals surface area contributed by atoms with Gasteiger partial charge in [-0.2, -0.15) is 0 Å². The minimum absolute atomic E-state index is 0.0874. The number of nitrogens with one attached hydrogen (secondary N) is 2. The SMILES string of the molecule is Cc1cc([C@@H]2[C@H](c3ccccn3)NC(=S)N2c2ccc(NC(=O)C(C)C)c(Cl)c2)c(C)n1-c1ccccc1Br. The standard InChI is InChI=1S/C30H29BrClN5OS/c1-17(2)29(38)34-24-13-12-20(16-23(24)32)37-28(27(35-30(37)39)25-10-7-8-14-33-25)21-15-18(3)36(19(21)4)26-11-6-5-9-22(26)31/h5-17,27-28H,1-4H3,(H,34,38)(H,35,39)/t27-,28+/m0/s1. The lowest BCUT2D eigenvalue weighted by molar-refractivity contribution is -0.118. The van der Waals surface area contributed by atoms with Crippen LogP contribution in [0.25, 0.3) is 5.69 Å². The Hall–Kier alpha value is -3.20. The van der Waals surface area contributed by atoms with E-state index in [0.717, 1.165) is 38.5 Å². The summed E-state index contributed by atoms with van der Waals surface area (Å²) < 4.78 is 3.27. The molecule has 39 heavy (non-hydrogen) atoms. The molecular weight excluding hydrogens is 594 g/mol. The van der Waals surface area contributed by atoms with E-state index in [1.54, 1.807) is 6.20 Å². The predicted molar refractivity (Wildman–Crippen MR) is 166 cm³/mol. The molecule has 4 aromatic rings. The van der Waals surface area contributed by atoms with E-state index in [1.165, 1.54) is 0 Å². The van der Waals surface area contributed by atoms with Crippen molar-refractivity contribution in [1.29, 1.82) is 0 Å². The maximum atomic E-state index is 12.3. The van der Waals surface area contributed by atoms with Crippen LogP contribution in [0, 0.1) is 19.8 Å². The number of aryl methyl sites for hydroxylation is 1. The van der Waals surface area contributed by atoms with Crippen molar-refractivity contribution in [2.75, 3.05) is 10.2 Å². The van der Waals surface area contributed by atoms with Crippen LogP contribution in [-0.2, 0) is 4.79 Å². The molecule has 0 radical (unpaired) electrons. The van der Waals surface area contributed by atoms with Crippen molar-refractivity contribution in [1.82, 2.24) is 14.9 Å². The van der Waals surface area contributed by atoms with E-state index in [4.69, 9.17) is 23.8 Å². The highest BCUT2D eigenvalue weighted by Gasteiger charge is 2.42. The number of nitrogens with zero attached hydrogens (tertiary/aromatic N) is 3. The average molecular weight is 623 g/mol. The Kier molecular flexibility index (Phi) is 7.80. The predicted octanol–water partition coefficient (Wildman–Crippen LogP) is 7.68. The Morgan fingerprint density at radius 1 is 1.10 bits per heavy atom. The summed E-state index contributed by atoms with van der Waals surface area (Å²) in [5, 5.41) is 7.45. The minimum atomic E-state index is -0.193. The smallest absolute Gasteiger partial charge is 0.226 e. The van der Waals surface area contributed by atoms with Crippen molar-refractivity contribution in [3.05, 3.63) is 105 Å². The molecule has 0 spiro atoms. The summed E-state index contributed by atoms with van der Waals surface area (Å²) in [5.74, 6) is -0.241. The zero-order valence-corrected chi connectivity index (χ0v) is 25.2. The first kappa shape index (κ1) is 27.4. The minimum Gasteiger partial charge on any atom is -0.351 e. The molecule has 6 nitrogen and oxygen atoms in total. The van der Waals surface area contributed by atoms with Gasteiger partial charge in [0.15, 0.2) is 5.11 Å². The van der Waals surface area contributed by atoms with E-state index in [-0.39, 0.29) is 23.9 Å². The molecule has 0 saturated carbocycles. The lowest BCUT2D eigenvalue weighted by atomic mass is 9.96. The van der Waals surface area contributed by atoms with E-state index in [0.29, 0.717) is 15.8 Å². The molecule has 0 bridgehead atoms. The van der Waals surface area contributed by atoms with Gasteiger partial charge in [-0.15, -0.1) is 0 Å². The summed E-state index contributed by atoms with van der Waals surface area (Å²) in [5.41, 5.74) is 6.70. The molecule has 1 aliphatic heterocycles. The molecule has 200 valence electrons. The van der Waals surface area contributed by atoms with Gasteiger partial charge in [-0.1, -0.05) is 43.6 Å². The number of anilines is 2. The van der Waals surface area contributed by atoms with Gasteiger partial charge < -0.3 is 20.1 Å². The third-order valence-corrected chi connectivity index (χ3v) is 8.29. The second-order valence-electron chi connectivity index (χ2n) is 9.92. The maximum Gasteiger partial charge on any atom is 0.226 e. The zero-order chi connectivity index (χ0) is 27.8.